The van der Waals surface area contributed by atoms with E-state index in [9.17, 15) is 4.91 Å². The van der Waals surface area contributed by atoms with Crippen molar-refractivity contribution in [1.29, 1.82) is 0 Å². The van der Waals surface area contributed by atoms with E-state index in [1.165, 1.54) is 0 Å². The molecule has 0 aliphatic carbocycles. The average Bonchev–Trinajstić information content (AvgIpc) is 3.03. The first-order valence-electron chi connectivity index (χ1n) is 6.44. The summed E-state index contributed by atoms with van der Waals surface area (Å²) in [5.74, 6) is 0. The van der Waals surface area contributed by atoms with E-state index in [-0.39, 0.29) is 6.29 Å². The topological polar surface area (TPSA) is 61.5 Å². The van der Waals surface area contributed by atoms with Crippen molar-refractivity contribution in [3.8, 4) is 0 Å². The van der Waals surface area contributed by atoms with Crippen LogP contribution in [0.15, 0.2) is 48.5 Å². The minimum Gasteiger partial charge on any atom is -0.355 e. The second kappa shape index (κ2) is 5.81. The van der Waals surface area contributed by atoms with Crippen LogP contribution in [0.4, 0.5) is 17.1 Å². The Bertz CT molecular complexity index is 592. The molecule has 1 fully saturated rings. The van der Waals surface area contributed by atoms with Gasteiger partial charge in [-0.3, -0.25) is 0 Å². The molecule has 0 amide bonds. The van der Waals surface area contributed by atoms with E-state index in [0.29, 0.717) is 18.9 Å². The fraction of sp³-hybridized carbons (Fsp3) is 0.200. The van der Waals surface area contributed by atoms with E-state index in [0.717, 1.165) is 16.9 Å². The van der Waals surface area contributed by atoms with Crippen LogP contribution in [0.1, 0.15) is 11.9 Å². The van der Waals surface area contributed by atoms with Crippen molar-refractivity contribution in [2.45, 2.75) is 6.29 Å². The lowest BCUT2D eigenvalue weighted by Gasteiger charge is -2.15. The van der Waals surface area contributed by atoms with Crippen molar-refractivity contribution in [2.24, 2.45) is 0 Å². The molecular weight excluding hydrogens is 256 g/mol. The van der Waals surface area contributed by atoms with Crippen molar-refractivity contribution in [1.82, 2.24) is 0 Å². The van der Waals surface area contributed by atoms with Crippen molar-refractivity contribution in [3.05, 3.63) is 59.0 Å². The monoisotopic (exact) mass is 271 g/mol. The van der Waals surface area contributed by atoms with Crippen molar-refractivity contribution in [2.75, 3.05) is 18.5 Å². The molecule has 0 unspecified atom stereocenters. The van der Waals surface area contributed by atoms with Crippen molar-refractivity contribution < 1.29 is 14.7 Å². The Morgan fingerprint density at radius 1 is 1.00 bits per heavy atom. The molecule has 0 bridgehead atoms. The minimum absolute atomic E-state index is 0.318. The smallest absolute Gasteiger partial charge is 0.253 e. The third-order valence-electron chi connectivity index (χ3n) is 3.12. The molecule has 2 aromatic carbocycles. The molecule has 1 aliphatic rings. The number of anilines is 2. The number of nitrogens with one attached hydrogen (secondary N) is 2. The Morgan fingerprint density at radius 3 is 2.40 bits per heavy atom. The van der Waals surface area contributed by atoms with Crippen LogP contribution >= 0.6 is 0 Å². The third-order valence-corrected chi connectivity index (χ3v) is 3.12. The third kappa shape index (κ3) is 2.68. The second-order valence-electron chi connectivity index (χ2n) is 4.47. The van der Waals surface area contributed by atoms with Gasteiger partial charge in [0.2, 0.25) is 0 Å². The van der Waals surface area contributed by atoms with Gasteiger partial charge in [0.1, 0.15) is 0 Å². The Kier molecular flexibility index (Phi) is 3.71. The Balaban J connectivity index is 1.84. The van der Waals surface area contributed by atoms with Gasteiger partial charge in [-0.1, -0.05) is 18.2 Å². The standard InChI is InChI=1S/C15H14N2O3/c18-17-12-7-5-11(6-8-12)16-14-4-2-1-3-13(14)15-19-9-10-20-15/h1-8,15-16H,9-10H2/p+1. The van der Waals surface area contributed by atoms with Gasteiger partial charge in [0, 0.05) is 39.2 Å². The fourth-order valence-corrected chi connectivity index (χ4v) is 2.13. The molecule has 1 aliphatic heterocycles. The van der Waals surface area contributed by atoms with Crippen LogP contribution in [0.3, 0.4) is 0 Å². The molecule has 0 saturated carbocycles. The van der Waals surface area contributed by atoms with Crippen molar-refractivity contribution >= 4 is 17.1 Å². The summed E-state index contributed by atoms with van der Waals surface area (Å²) < 4.78 is 11.1. The average molecular weight is 271 g/mol. The van der Waals surface area contributed by atoms with Gasteiger partial charge in [0.25, 0.3) is 5.69 Å². The molecule has 3 rings (SSSR count). The predicted octanol–water partition coefficient (Wildman–Crippen LogP) is 1.95. The molecular formula is C15H15N2O3+. The van der Waals surface area contributed by atoms with Gasteiger partial charge in [-0.15, -0.1) is 0 Å². The largest absolute Gasteiger partial charge is 0.355 e. The molecule has 5 nitrogen and oxygen atoms in total. The maximum atomic E-state index is 10.5. The van der Waals surface area contributed by atoms with Gasteiger partial charge in [-0.2, -0.15) is 0 Å². The van der Waals surface area contributed by atoms with Gasteiger partial charge >= 0.3 is 0 Å². The quantitative estimate of drug-likeness (QED) is 0.892. The number of benzene rings is 2. The highest BCUT2D eigenvalue weighted by atomic mass is 16.7. The summed E-state index contributed by atoms with van der Waals surface area (Å²) in [6.07, 6.45) is -0.318. The highest BCUT2D eigenvalue weighted by molar-refractivity contribution is 5.64. The molecule has 0 radical (unpaired) electrons. The van der Waals surface area contributed by atoms with Crippen LogP contribution in [0, 0.1) is 4.91 Å². The summed E-state index contributed by atoms with van der Waals surface area (Å²) in [4.78, 5) is 10.5. The van der Waals surface area contributed by atoms with Crippen LogP contribution in [0.5, 0.6) is 0 Å². The first-order valence-corrected chi connectivity index (χ1v) is 6.44. The molecule has 2 N–H and O–H groups in total. The summed E-state index contributed by atoms with van der Waals surface area (Å²) in [6, 6.07) is 15.0. The number of para-hydroxylation sites is 1. The number of rotatable bonds is 4. The van der Waals surface area contributed by atoms with E-state index in [2.05, 4.69) is 5.32 Å². The predicted molar refractivity (Wildman–Crippen MR) is 74.8 cm³/mol. The van der Waals surface area contributed by atoms with E-state index in [1.54, 1.807) is 12.1 Å². The van der Waals surface area contributed by atoms with Crippen LogP contribution in [-0.2, 0) is 9.47 Å². The number of nitroso groups, excluding NO2 is 1. The van der Waals surface area contributed by atoms with Gasteiger partial charge in [-0.25, -0.2) is 0 Å². The molecule has 2 aromatic rings. The molecule has 0 spiro atoms. The number of hydrogen-bond acceptors (Lipinski definition) is 4. The number of hydrogen-bond donors (Lipinski definition) is 2. The number of ether oxygens (including phenoxy) is 2. The summed E-state index contributed by atoms with van der Waals surface area (Å²) >= 11 is 0. The zero-order valence-electron chi connectivity index (χ0n) is 10.8. The molecule has 0 aromatic heterocycles. The maximum absolute atomic E-state index is 10.5. The molecule has 1 saturated heterocycles. The molecule has 5 heteroatoms. The molecule has 1 heterocycles. The first kappa shape index (κ1) is 12.8. The first-order chi connectivity index (χ1) is 9.86. The van der Waals surface area contributed by atoms with Gasteiger partial charge in [0.05, 0.1) is 13.2 Å². The molecule has 20 heavy (non-hydrogen) atoms. The summed E-state index contributed by atoms with van der Waals surface area (Å²) in [5, 5.41) is 5.17. The zero-order valence-corrected chi connectivity index (χ0v) is 10.8. The maximum Gasteiger partial charge on any atom is 0.253 e. The zero-order chi connectivity index (χ0) is 13.8. The summed E-state index contributed by atoms with van der Waals surface area (Å²) in [6.45, 7) is 1.23. The lowest BCUT2D eigenvalue weighted by atomic mass is 10.1. The van der Waals surface area contributed by atoms with E-state index in [1.807, 2.05) is 41.6 Å². The second-order valence-corrected chi connectivity index (χ2v) is 4.47. The van der Waals surface area contributed by atoms with Gasteiger partial charge < -0.3 is 14.8 Å². The van der Waals surface area contributed by atoms with Crippen LogP contribution in [-0.4, -0.2) is 13.2 Å². The highest BCUT2D eigenvalue weighted by Gasteiger charge is 2.21. The summed E-state index contributed by atoms with van der Waals surface area (Å²) in [7, 11) is 0. The van der Waals surface area contributed by atoms with Gasteiger partial charge in [0.15, 0.2) is 6.29 Å². The fourth-order valence-electron chi connectivity index (χ4n) is 2.13. The lowest BCUT2D eigenvalue weighted by molar-refractivity contribution is -0.379. The Morgan fingerprint density at radius 2 is 1.70 bits per heavy atom. The van der Waals surface area contributed by atoms with Crippen LogP contribution in [0.25, 0.3) is 0 Å². The SMILES string of the molecule is O=[NH+]c1ccc(Nc2ccccc2C2OCCO2)cc1. The van der Waals surface area contributed by atoms with E-state index < -0.39 is 0 Å². The Hall–Kier alpha value is -2.24. The molecule has 0 atom stereocenters. The van der Waals surface area contributed by atoms with E-state index in [4.69, 9.17) is 9.47 Å². The summed E-state index contributed by atoms with van der Waals surface area (Å²) in [5.41, 5.74) is 3.33. The highest BCUT2D eigenvalue weighted by Crippen LogP contribution is 2.31. The van der Waals surface area contributed by atoms with Crippen LogP contribution in [0.2, 0.25) is 0 Å². The van der Waals surface area contributed by atoms with Crippen molar-refractivity contribution in [3.63, 3.8) is 0 Å². The minimum atomic E-state index is -0.318. The van der Waals surface area contributed by atoms with Crippen LogP contribution < -0.4 is 10.5 Å². The lowest BCUT2D eigenvalue weighted by Crippen LogP contribution is -2.55. The normalized spacial score (nSPS) is 15.2. The Labute approximate surface area is 116 Å². The van der Waals surface area contributed by atoms with Gasteiger partial charge in [-0.05, 0) is 18.2 Å². The van der Waals surface area contributed by atoms with E-state index >= 15 is 0 Å². The molecule has 102 valence electrons.